The SMILES string of the molecule is CCCc1nnc(Cl)n1CCOC(C)C. The molecule has 1 aromatic rings. The van der Waals surface area contributed by atoms with Crippen LogP contribution in [0.15, 0.2) is 0 Å². The number of rotatable bonds is 6. The second-order valence-corrected chi connectivity index (χ2v) is 4.04. The van der Waals surface area contributed by atoms with Gasteiger partial charge in [-0.25, -0.2) is 0 Å². The second-order valence-electron chi connectivity index (χ2n) is 3.71. The van der Waals surface area contributed by atoms with E-state index < -0.39 is 0 Å². The minimum atomic E-state index is 0.245. The lowest BCUT2D eigenvalue weighted by Gasteiger charge is -2.10. The Morgan fingerprint density at radius 1 is 1.40 bits per heavy atom. The minimum absolute atomic E-state index is 0.245. The van der Waals surface area contributed by atoms with Gasteiger partial charge >= 0.3 is 0 Å². The third-order valence-electron chi connectivity index (χ3n) is 2.02. The van der Waals surface area contributed by atoms with E-state index in [0.717, 1.165) is 25.2 Å². The molecule has 0 N–H and O–H groups in total. The van der Waals surface area contributed by atoms with Crippen molar-refractivity contribution in [2.24, 2.45) is 0 Å². The topological polar surface area (TPSA) is 39.9 Å². The molecule has 15 heavy (non-hydrogen) atoms. The molecule has 0 amide bonds. The van der Waals surface area contributed by atoms with Gasteiger partial charge in [0.15, 0.2) is 0 Å². The van der Waals surface area contributed by atoms with Crippen molar-refractivity contribution in [2.45, 2.75) is 46.3 Å². The van der Waals surface area contributed by atoms with E-state index >= 15 is 0 Å². The zero-order valence-corrected chi connectivity index (χ0v) is 10.3. The molecule has 0 fully saturated rings. The average Bonchev–Trinajstić information content (AvgIpc) is 2.50. The molecule has 4 nitrogen and oxygen atoms in total. The van der Waals surface area contributed by atoms with E-state index in [1.165, 1.54) is 0 Å². The van der Waals surface area contributed by atoms with Gasteiger partial charge in [0, 0.05) is 6.42 Å². The third-order valence-corrected chi connectivity index (χ3v) is 2.30. The highest BCUT2D eigenvalue weighted by Crippen LogP contribution is 2.09. The first-order valence-corrected chi connectivity index (χ1v) is 5.72. The lowest BCUT2D eigenvalue weighted by Crippen LogP contribution is -2.12. The zero-order chi connectivity index (χ0) is 11.3. The normalized spacial score (nSPS) is 11.3. The first-order chi connectivity index (χ1) is 7.15. The van der Waals surface area contributed by atoms with Gasteiger partial charge in [-0.3, -0.25) is 4.57 Å². The Labute approximate surface area is 95.6 Å². The quantitative estimate of drug-likeness (QED) is 0.754. The summed E-state index contributed by atoms with van der Waals surface area (Å²) >= 11 is 5.93. The molecule has 0 aliphatic rings. The van der Waals surface area contributed by atoms with Crippen LogP contribution in [0.4, 0.5) is 0 Å². The molecular weight excluding hydrogens is 214 g/mol. The summed E-state index contributed by atoms with van der Waals surface area (Å²) in [5, 5.41) is 8.33. The maximum Gasteiger partial charge on any atom is 0.225 e. The van der Waals surface area contributed by atoms with Gasteiger partial charge in [-0.1, -0.05) is 6.92 Å². The van der Waals surface area contributed by atoms with E-state index in [-0.39, 0.29) is 6.10 Å². The molecule has 86 valence electrons. The summed E-state index contributed by atoms with van der Waals surface area (Å²) in [4.78, 5) is 0. The standard InChI is InChI=1S/C10H18ClN3O/c1-4-5-9-12-13-10(11)14(9)6-7-15-8(2)3/h8H,4-7H2,1-3H3. The molecule has 0 saturated carbocycles. The van der Waals surface area contributed by atoms with Crippen LogP contribution in [0.2, 0.25) is 5.28 Å². The first kappa shape index (κ1) is 12.5. The summed E-state index contributed by atoms with van der Waals surface area (Å²) in [5.74, 6) is 0.940. The van der Waals surface area contributed by atoms with Crippen LogP contribution in [0.3, 0.4) is 0 Å². The Bertz CT molecular complexity index is 299. The maximum absolute atomic E-state index is 5.93. The zero-order valence-electron chi connectivity index (χ0n) is 9.53. The maximum atomic E-state index is 5.93. The predicted octanol–water partition coefficient (Wildman–Crippen LogP) is 2.31. The number of nitrogens with zero attached hydrogens (tertiary/aromatic N) is 3. The average molecular weight is 232 g/mol. The Kier molecular flexibility index (Phi) is 5.05. The summed E-state index contributed by atoms with van der Waals surface area (Å²) in [6.45, 7) is 7.50. The minimum Gasteiger partial charge on any atom is -0.377 e. The van der Waals surface area contributed by atoms with Gasteiger partial charge in [0.25, 0.3) is 0 Å². The molecular formula is C10H18ClN3O. The highest BCUT2D eigenvalue weighted by Gasteiger charge is 2.08. The van der Waals surface area contributed by atoms with Crippen LogP contribution < -0.4 is 0 Å². The predicted molar refractivity (Wildman–Crippen MR) is 60.1 cm³/mol. The molecule has 5 heteroatoms. The van der Waals surface area contributed by atoms with Crippen LogP contribution >= 0.6 is 11.6 Å². The van der Waals surface area contributed by atoms with Crippen LogP contribution in [-0.4, -0.2) is 27.5 Å². The molecule has 1 heterocycles. The van der Waals surface area contributed by atoms with Crippen LogP contribution in [-0.2, 0) is 17.7 Å². The fourth-order valence-corrected chi connectivity index (χ4v) is 1.54. The number of hydrogen-bond acceptors (Lipinski definition) is 3. The molecule has 0 radical (unpaired) electrons. The highest BCUT2D eigenvalue weighted by molar-refractivity contribution is 6.28. The lowest BCUT2D eigenvalue weighted by atomic mass is 10.3. The monoisotopic (exact) mass is 231 g/mol. The van der Waals surface area contributed by atoms with Crippen LogP contribution in [0.5, 0.6) is 0 Å². The summed E-state index contributed by atoms with van der Waals surface area (Å²) in [7, 11) is 0. The second kappa shape index (κ2) is 6.08. The van der Waals surface area contributed by atoms with Crippen molar-refractivity contribution in [1.29, 1.82) is 0 Å². The van der Waals surface area contributed by atoms with Gasteiger partial charge in [0.05, 0.1) is 19.3 Å². The molecule has 0 aliphatic carbocycles. The van der Waals surface area contributed by atoms with E-state index in [4.69, 9.17) is 16.3 Å². The molecule has 1 aromatic heterocycles. The molecule has 0 bridgehead atoms. The molecule has 0 spiro atoms. The van der Waals surface area contributed by atoms with E-state index in [1.54, 1.807) is 0 Å². The molecule has 1 rings (SSSR count). The summed E-state index contributed by atoms with van der Waals surface area (Å²) in [5.41, 5.74) is 0. The Balaban J connectivity index is 2.54. The van der Waals surface area contributed by atoms with E-state index in [9.17, 15) is 0 Å². The van der Waals surface area contributed by atoms with Crippen LogP contribution in [0.1, 0.15) is 33.0 Å². The number of hydrogen-bond donors (Lipinski definition) is 0. The largest absolute Gasteiger partial charge is 0.377 e. The van der Waals surface area contributed by atoms with Crippen molar-refractivity contribution in [1.82, 2.24) is 14.8 Å². The lowest BCUT2D eigenvalue weighted by molar-refractivity contribution is 0.0723. The third kappa shape index (κ3) is 3.80. The molecule has 0 aliphatic heterocycles. The number of halogens is 1. The Morgan fingerprint density at radius 3 is 2.73 bits per heavy atom. The molecule has 0 aromatic carbocycles. The molecule has 0 unspecified atom stereocenters. The van der Waals surface area contributed by atoms with Crippen LogP contribution in [0, 0.1) is 0 Å². The van der Waals surface area contributed by atoms with E-state index in [2.05, 4.69) is 17.1 Å². The first-order valence-electron chi connectivity index (χ1n) is 5.34. The summed E-state index contributed by atoms with van der Waals surface area (Å²) < 4.78 is 7.38. The number of aromatic nitrogens is 3. The number of ether oxygens (including phenoxy) is 1. The van der Waals surface area contributed by atoms with Crippen molar-refractivity contribution in [3.05, 3.63) is 11.1 Å². The van der Waals surface area contributed by atoms with Crippen LogP contribution in [0.25, 0.3) is 0 Å². The van der Waals surface area contributed by atoms with Gasteiger partial charge in [-0.15, -0.1) is 10.2 Å². The van der Waals surface area contributed by atoms with Gasteiger partial charge in [0.1, 0.15) is 5.82 Å². The highest BCUT2D eigenvalue weighted by atomic mass is 35.5. The van der Waals surface area contributed by atoms with Crippen molar-refractivity contribution in [2.75, 3.05) is 6.61 Å². The molecule has 0 atom stereocenters. The Hall–Kier alpha value is -0.610. The van der Waals surface area contributed by atoms with E-state index in [0.29, 0.717) is 11.9 Å². The van der Waals surface area contributed by atoms with Crippen molar-refractivity contribution >= 4 is 11.6 Å². The fourth-order valence-electron chi connectivity index (χ4n) is 1.32. The van der Waals surface area contributed by atoms with Crippen molar-refractivity contribution < 1.29 is 4.74 Å². The van der Waals surface area contributed by atoms with Crippen molar-refractivity contribution in [3.63, 3.8) is 0 Å². The summed E-state index contributed by atoms with van der Waals surface area (Å²) in [6.07, 6.45) is 2.19. The smallest absolute Gasteiger partial charge is 0.225 e. The fraction of sp³-hybridized carbons (Fsp3) is 0.800. The van der Waals surface area contributed by atoms with Gasteiger partial charge in [-0.2, -0.15) is 0 Å². The van der Waals surface area contributed by atoms with Crippen molar-refractivity contribution in [3.8, 4) is 0 Å². The van der Waals surface area contributed by atoms with Gasteiger partial charge in [-0.05, 0) is 31.9 Å². The van der Waals surface area contributed by atoms with Gasteiger partial charge in [0.2, 0.25) is 5.28 Å². The molecule has 0 saturated heterocycles. The van der Waals surface area contributed by atoms with E-state index in [1.807, 2.05) is 18.4 Å². The van der Waals surface area contributed by atoms with Gasteiger partial charge < -0.3 is 4.74 Å². The summed E-state index contributed by atoms with van der Waals surface area (Å²) in [6, 6.07) is 0. The Morgan fingerprint density at radius 2 is 2.13 bits per heavy atom. The number of aryl methyl sites for hydroxylation is 1.